The lowest BCUT2D eigenvalue weighted by Gasteiger charge is -2.30. The van der Waals surface area contributed by atoms with Crippen LogP contribution in [-0.2, 0) is 0 Å². The van der Waals surface area contributed by atoms with Crippen molar-refractivity contribution in [1.29, 1.82) is 0 Å². The molecule has 1 aliphatic heterocycles. The number of aliphatic hydroxyl groups is 1. The minimum atomic E-state index is -0.409. The maximum Gasteiger partial charge on any atom is 0.289 e. The van der Waals surface area contributed by atoms with Crippen molar-refractivity contribution in [2.45, 2.75) is 18.9 Å². The number of hydrogen-bond donors (Lipinski definition) is 3. The Labute approximate surface area is 107 Å². The molecule has 0 radical (unpaired) electrons. The average molecular weight is 262 g/mol. The molecule has 0 atom stereocenters. The summed E-state index contributed by atoms with van der Waals surface area (Å²) in [6.45, 7) is 1.39. The topological polar surface area (TPSA) is 102 Å². The van der Waals surface area contributed by atoms with E-state index in [1.54, 1.807) is 12.1 Å². The highest BCUT2D eigenvalue weighted by atomic mass is 16.3. The van der Waals surface area contributed by atoms with Crippen LogP contribution in [0.15, 0.2) is 21.7 Å². The van der Waals surface area contributed by atoms with Crippen LogP contribution < -0.4 is 16.0 Å². The van der Waals surface area contributed by atoms with Crippen LogP contribution in [0.5, 0.6) is 0 Å². The highest BCUT2D eigenvalue weighted by Crippen LogP contribution is 2.18. The molecule has 2 aromatic heterocycles. The molecule has 0 aliphatic carbocycles. The number of aliphatic hydroxyl groups excluding tert-OH is 1. The molecular formula is C12H14N4O3. The molecule has 7 nitrogen and oxygen atoms in total. The number of fused-ring (bicyclic) bond motifs is 1. The molecule has 1 saturated heterocycles. The first-order valence-electron chi connectivity index (χ1n) is 6.20. The highest BCUT2D eigenvalue weighted by Gasteiger charge is 2.18. The quantitative estimate of drug-likeness (QED) is 0.647. The van der Waals surface area contributed by atoms with E-state index in [0.717, 1.165) is 0 Å². The van der Waals surface area contributed by atoms with Crippen LogP contribution in [0.2, 0.25) is 0 Å². The number of anilines is 1. The number of aromatic nitrogens is 3. The van der Waals surface area contributed by atoms with Crippen LogP contribution in [-0.4, -0.2) is 39.5 Å². The number of piperidine rings is 1. The predicted molar refractivity (Wildman–Crippen MR) is 70.4 cm³/mol. The summed E-state index contributed by atoms with van der Waals surface area (Å²) in [7, 11) is 0. The average Bonchev–Trinajstić information content (AvgIpc) is 2.43. The van der Waals surface area contributed by atoms with Gasteiger partial charge in [-0.05, 0) is 25.0 Å². The minimum absolute atomic E-state index is 0.146. The maximum absolute atomic E-state index is 11.7. The van der Waals surface area contributed by atoms with Gasteiger partial charge in [0.2, 0.25) is 0 Å². The molecular weight excluding hydrogens is 248 g/mol. The molecule has 0 bridgehead atoms. The maximum atomic E-state index is 11.7. The number of pyridine rings is 1. The fourth-order valence-electron chi connectivity index (χ4n) is 2.32. The largest absolute Gasteiger partial charge is 0.393 e. The molecule has 7 heteroatoms. The lowest BCUT2D eigenvalue weighted by Crippen LogP contribution is -2.36. The summed E-state index contributed by atoms with van der Waals surface area (Å²) in [4.78, 5) is 29.5. The number of H-pyrrole nitrogens is 2. The molecule has 0 amide bonds. The highest BCUT2D eigenvalue weighted by molar-refractivity contribution is 5.78. The molecule has 1 aliphatic rings. The van der Waals surface area contributed by atoms with E-state index in [-0.39, 0.29) is 22.6 Å². The van der Waals surface area contributed by atoms with Crippen LogP contribution in [0.25, 0.3) is 10.9 Å². The number of aromatic amines is 2. The van der Waals surface area contributed by atoms with Gasteiger partial charge >= 0.3 is 0 Å². The predicted octanol–water partition coefficient (Wildman–Crippen LogP) is -0.427. The molecule has 1 fully saturated rings. The molecule has 0 aromatic carbocycles. The summed E-state index contributed by atoms with van der Waals surface area (Å²) in [5.74, 6) is 0.663. The van der Waals surface area contributed by atoms with Gasteiger partial charge in [0.1, 0.15) is 11.3 Å². The molecule has 0 unspecified atom stereocenters. The first kappa shape index (κ1) is 11.9. The summed E-state index contributed by atoms with van der Waals surface area (Å²) in [5, 5.41) is 14.3. The molecule has 3 rings (SSSR count). The Hall–Kier alpha value is -2.15. The van der Waals surface area contributed by atoms with Crippen LogP contribution >= 0.6 is 0 Å². The lowest BCUT2D eigenvalue weighted by atomic mass is 10.1. The van der Waals surface area contributed by atoms with E-state index in [4.69, 9.17) is 0 Å². The van der Waals surface area contributed by atoms with Gasteiger partial charge in [0.25, 0.3) is 11.1 Å². The van der Waals surface area contributed by atoms with E-state index in [2.05, 4.69) is 15.2 Å². The van der Waals surface area contributed by atoms with Crippen molar-refractivity contribution in [2.75, 3.05) is 18.0 Å². The Bertz CT molecular complexity index is 713. The second-order valence-electron chi connectivity index (χ2n) is 4.69. The van der Waals surface area contributed by atoms with Gasteiger partial charge in [0.15, 0.2) is 0 Å². The Balaban J connectivity index is 2.05. The van der Waals surface area contributed by atoms with Gasteiger partial charge < -0.3 is 10.0 Å². The minimum Gasteiger partial charge on any atom is -0.393 e. The van der Waals surface area contributed by atoms with Crippen molar-refractivity contribution >= 4 is 16.7 Å². The number of nitrogens with zero attached hydrogens (tertiary/aromatic N) is 2. The normalized spacial score (nSPS) is 17.0. The van der Waals surface area contributed by atoms with E-state index < -0.39 is 5.56 Å². The lowest BCUT2D eigenvalue weighted by molar-refractivity contribution is 0.145. The van der Waals surface area contributed by atoms with Crippen LogP contribution in [0.1, 0.15) is 12.8 Å². The zero-order valence-electron chi connectivity index (χ0n) is 10.2. The molecule has 19 heavy (non-hydrogen) atoms. The second kappa shape index (κ2) is 4.51. The van der Waals surface area contributed by atoms with E-state index in [1.807, 2.05) is 4.90 Å². The molecule has 0 spiro atoms. The SMILES string of the molecule is O=c1[nH][nH]c(=O)c2nc(N3CCC(O)CC3)ccc12. The van der Waals surface area contributed by atoms with E-state index in [1.165, 1.54) is 0 Å². The zero-order valence-corrected chi connectivity index (χ0v) is 10.2. The Kier molecular flexibility index (Phi) is 2.83. The van der Waals surface area contributed by atoms with Gasteiger partial charge in [-0.25, -0.2) is 4.98 Å². The van der Waals surface area contributed by atoms with Gasteiger partial charge in [-0.1, -0.05) is 0 Å². The molecule has 100 valence electrons. The van der Waals surface area contributed by atoms with Gasteiger partial charge in [-0.3, -0.25) is 19.8 Å². The zero-order chi connectivity index (χ0) is 13.4. The third-order valence-electron chi connectivity index (χ3n) is 3.42. The van der Waals surface area contributed by atoms with Gasteiger partial charge in [-0.2, -0.15) is 0 Å². The summed E-state index contributed by atoms with van der Waals surface area (Å²) in [6.07, 6.45) is 1.11. The standard InChI is InChI=1S/C12H14N4O3/c17-7-3-5-16(6-4-7)9-2-1-8-10(13-9)12(19)15-14-11(8)18/h1-2,7,17H,3-6H2,(H,14,18)(H,15,19). The van der Waals surface area contributed by atoms with E-state index >= 15 is 0 Å². The first-order chi connectivity index (χ1) is 9.15. The van der Waals surface area contributed by atoms with Crippen molar-refractivity contribution in [3.8, 4) is 0 Å². The first-order valence-corrected chi connectivity index (χ1v) is 6.20. The van der Waals surface area contributed by atoms with E-state index in [9.17, 15) is 14.7 Å². The van der Waals surface area contributed by atoms with Gasteiger partial charge in [0.05, 0.1) is 11.5 Å². The van der Waals surface area contributed by atoms with Crippen molar-refractivity contribution in [2.24, 2.45) is 0 Å². The summed E-state index contributed by atoms with van der Waals surface area (Å²) < 4.78 is 0. The Morgan fingerprint density at radius 1 is 1.16 bits per heavy atom. The number of hydrogen-bond acceptors (Lipinski definition) is 5. The molecule has 2 aromatic rings. The summed E-state index contributed by atoms with van der Waals surface area (Å²) in [6, 6.07) is 3.34. The van der Waals surface area contributed by atoms with Crippen LogP contribution in [0.3, 0.4) is 0 Å². The van der Waals surface area contributed by atoms with E-state index in [0.29, 0.717) is 31.7 Å². The number of rotatable bonds is 1. The van der Waals surface area contributed by atoms with Crippen molar-refractivity contribution in [1.82, 2.24) is 15.2 Å². The van der Waals surface area contributed by atoms with Crippen LogP contribution in [0.4, 0.5) is 5.82 Å². The monoisotopic (exact) mass is 262 g/mol. The molecule has 0 saturated carbocycles. The summed E-state index contributed by atoms with van der Waals surface area (Å²) >= 11 is 0. The van der Waals surface area contributed by atoms with Crippen molar-refractivity contribution < 1.29 is 5.11 Å². The van der Waals surface area contributed by atoms with Crippen LogP contribution in [0, 0.1) is 0 Å². The summed E-state index contributed by atoms with van der Waals surface area (Å²) in [5.41, 5.74) is -0.622. The third kappa shape index (κ3) is 2.12. The Morgan fingerprint density at radius 2 is 1.84 bits per heavy atom. The third-order valence-corrected chi connectivity index (χ3v) is 3.42. The molecule has 3 heterocycles. The second-order valence-corrected chi connectivity index (χ2v) is 4.69. The van der Waals surface area contributed by atoms with Crippen molar-refractivity contribution in [3.63, 3.8) is 0 Å². The number of nitrogens with one attached hydrogen (secondary N) is 2. The Morgan fingerprint density at radius 3 is 2.58 bits per heavy atom. The van der Waals surface area contributed by atoms with Gasteiger partial charge in [-0.15, -0.1) is 0 Å². The molecule has 3 N–H and O–H groups in total. The van der Waals surface area contributed by atoms with Crippen molar-refractivity contribution in [3.05, 3.63) is 32.8 Å². The smallest absolute Gasteiger partial charge is 0.289 e. The van der Waals surface area contributed by atoms with Gasteiger partial charge in [0, 0.05) is 13.1 Å². The fourth-order valence-corrected chi connectivity index (χ4v) is 2.32. The fraction of sp³-hybridized carbons (Fsp3) is 0.417.